The van der Waals surface area contributed by atoms with Crippen LogP contribution in [0.5, 0.6) is 0 Å². The first-order chi connectivity index (χ1) is 9.66. The summed E-state index contributed by atoms with van der Waals surface area (Å²) in [6, 6.07) is 5.67. The van der Waals surface area contributed by atoms with Crippen LogP contribution in [0.1, 0.15) is 11.4 Å². The molecule has 3 aromatic heterocycles. The van der Waals surface area contributed by atoms with Crippen molar-refractivity contribution >= 4 is 5.88 Å². The third kappa shape index (κ3) is 2.01. The van der Waals surface area contributed by atoms with Crippen LogP contribution in [0.3, 0.4) is 0 Å². The Bertz CT molecular complexity index is 752. The summed E-state index contributed by atoms with van der Waals surface area (Å²) in [6.07, 6.45) is 3.43. The van der Waals surface area contributed by atoms with Gasteiger partial charge in [0.2, 0.25) is 5.88 Å². The van der Waals surface area contributed by atoms with Crippen LogP contribution in [0.25, 0.3) is 22.4 Å². The second-order valence-corrected chi connectivity index (χ2v) is 4.50. The number of anilines is 1. The van der Waals surface area contributed by atoms with Crippen molar-refractivity contribution in [1.82, 2.24) is 20.3 Å². The fourth-order valence-corrected chi connectivity index (χ4v) is 2.07. The van der Waals surface area contributed by atoms with Gasteiger partial charge in [0.05, 0.1) is 17.0 Å². The van der Waals surface area contributed by atoms with Crippen LogP contribution < -0.4 is 5.73 Å². The second kappa shape index (κ2) is 4.73. The summed E-state index contributed by atoms with van der Waals surface area (Å²) in [6.45, 7) is 3.75. The van der Waals surface area contributed by atoms with Gasteiger partial charge in [-0.3, -0.25) is 4.98 Å². The average Bonchev–Trinajstić information content (AvgIpc) is 2.84. The Morgan fingerprint density at radius 3 is 2.80 bits per heavy atom. The number of nitrogens with two attached hydrogens (primary N) is 1. The lowest BCUT2D eigenvalue weighted by Gasteiger charge is -2.05. The minimum Gasteiger partial charge on any atom is -0.367 e. The predicted molar refractivity (Wildman–Crippen MR) is 74.6 cm³/mol. The molecule has 0 unspecified atom stereocenters. The van der Waals surface area contributed by atoms with E-state index in [0.717, 1.165) is 28.1 Å². The molecule has 100 valence electrons. The molecule has 0 aromatic carbocycles. The second-order valence-electron chi connectivity index (χ2n) is 4.50. The van der Waals surface area contributed by atoms with Gasteiger partial charge in [-0.05, 0) is 26.0 Å². The van der Waals surface area contributed by atoms with Gasteiger partial charge >= 0.3 is 0 Å². The molecule has 3 rings (SSSR count). The molecule has 0 saturated carbocycles. The first-order valence-corrected chi connectivity index (χ1v) is 6.13. The monoisotopic (exact) mass is 267 g/mol. The van der Waals surface area contributed by atoms with Crippen molar-refractivity contribution < 1.29 is 4.52 Å². The highest BCUT2D eigenvalue weighted by atomic mass is 16.5. The molecule has 3 heterocycles. The van der Waals surface area contributed by atoms with Crippen molar-refractivity contribution in [3.8, 4) is 22.4 Å². The number of aromatic nitrogens is 4. The highest BCUT2D eigenvalue weighted by molar-refractivity contribution is 5.87. The number of nitrogens with zero attached hydrogens (tertiary/aromatic N) is 4. The summed E-state index contributed by atoms with van der Waals surface area (Å²) in [7, 11) is 0. The largest absolute Gasteiger partial charge is 0.367 e. The molecule has 0 atom stereocenters. The summed E-state index contributed by atoms with van der Waals surface area (Å²) < 4.78 is 5.15. The van der Waals surface area contributed by atoms with Crippen LogP contribution >= 0.6 is 0 Å². The minimum absolute atomic E-state index is 0.266. The molecule has 0 saturated heterocycles. The van der Waals surface area contributed by atoms with Gasteiger partial charge in [-0.25, -0.2) is 0 Å². The van der Waals surface area contributed by atoms with Gasteiger partial charge in [0.15, 0.2) is 0 Å². The van der Waals surface area contributed by atoms with E-state index in [0.29, 0.717) is 5.69 Å². The zero-order chi connectivity index (χ0) is 14.1. The summed E-state index contributed by atoms with van der Waals surface area (Å²) in [5, 5.41) is 12.2. The molecular formula is C14H13N5O. The summed E-state index contributed by atoms with van der Waals surface area (Å²) in [4.78, 5) is 4.10. The summed E-state index contributed by atoms with van der Waals surface area (Å²) in [5.74, 6) is 0.266. The zero-order valence-electron chi connectivity index (χ0n) is 11.2. The van der Waals surface area contributed by atoms with Gasteiger partial charge in [-0.15, -0.1) is 0 Å². The molecule has 0 amide bonds. The Morgan fingerprint density at radius 2 is 2.05 bits per heavy atom. The Labute approximate surface area is 115 Å². The number of hydrogen-bond acceptors (Lipinski definition) is 6. The van der Waals surface area contributed by atoms with Gasteiger partial charge in [-0.2, -0.15) is 10.2 Å². The lowest BCUT2D eigenvalue weighted by atomic mass is 10.0. The number of pyridine rings is 1. The number of aryl methyl sites for hydroxylation is 2. The lowest BCUT2D eigenvalue weighted by Crippen LogP contribution is -1.95. The van der Waals surface area contributed by atoms with Crippen molar-refractivity contribution in [2.75, 3.05) is 5.73 Å². The molecule has 20 heavy (non-hydrogen) atoms. The third-order valence-electron chi connectivity index (χ3n) is 3.02. The maximum Gasteiger partial charge on any atom is 0.230 e. The van der Waals surface area contributed by atoms with E-state index in [1.807, 2.05) is 32.0 Å². The number of rotatable bonds is 2. The first-order valence-electron chi connectivity index (χ1n) is 6.13. The van der Waals surface area contributed by atoms with Gasteiger partial charge in [0.1, 0.15) is 5.69 Å². The van der Waals surface area contributed by atoms with E-state index in [2.05, 4.69) is 20.3 Å². The van der Waals surface area contributed by atoms with Crippen molar-refractivity contribution in [3.63, 3.8) is 0 Å². The maximum atomic E-state index is 5.91. The summed E-state index contributed by atoms with van der Waals surface area (Å²) in [5.41, 5.74) is 10.6. The standard InChI is InChI=1S/C14H13N5O/c1-8-6-11(9(2)18-17-8)13-12(14(15)20-19-13)10-4-3-5-16-7-10/h3-7H,15H2,1-2H3. The van der Waals surface area contributed by atoms with E-state index >= 15 is 0 Å². The fraction of sp³-hybridized carbons (Fsp3) is 0.143. The topological polar surface area (TPSA) is 90.7 Å². The van der Waals surface area contributed by atoms with Crippen LogP contribution in [0.2, 0.25) is 0 Å². The van der Waals surface area contributed by atoms with Crippen molar-refractivity contribution in [3.05, 3.63) is 42.0 Å². The van der Waals surface area contributed by atoms with Crippen LogP contribution in [-0.4, -0.2) is 20.3 Å². The molecule has 0 aliphatic rings. The molecule has 0 radical (unpaired) electrons. The van der Waals surface area contributed by atoms with Gasteiger partial charge < -0.3 is 10.3 Å². The Balaban J connectivity index is 2.24. The van der Waals surface area contributed by atoms with Gasteiger partial charge in [-0.1, -0.05) is 11.2 Å². The van der Waals surface area contributed by atoms with Crippen molar-refractivity contribution in [2.24, 2.45) is 0 Å². The SMILES string of the molecule is Cc1cc(-c2noc(N)c2-c2cccnc2)c(C)nn1. The molecule has 6 nitrogen and oxygen atoms in total. The van der Waals surface area contributed by atoms with E-state index in [4.69, 9.17) is 10.3 Å². The van der Waals surface area contributed by atoms with E-state index < -0.39 is 0 Å². The smallest absolute Gasteiger partial charge is 0.230 e. The Morgan fingerprint density at radius 1 is 1.20 bits per heavy atom. The average molecular weight is 267 g/mol. The number of nitrogen functional groups attached to an aromatic ring is 1. The van der Waals surface area contributed by atoms with E-state index in [-0.39, 0.29) is 5.88 Å². The van der Waals surface area contributed by atoms with Crippen molar-refractivity contribution in [1.29, 1.82) is 0 Å². The van der Waals surface area contributed by atoms with Gasteiger partial charge in [0, 0.05) is 23.5 Å². The number of hydrogen-bond donors (Lipinski definition) is 1. The molecule has 0 fully saturated rings. The highest BCUT2D eigenvalue weighted by Gasteiger charge is 2.19. The predicted octanol–water partition coefficient (Wildman–Crippen LogP) is 2.39. The maximum absolute atomic E-state index is 5.91. The summed E-state index contributed by atoms with van der Waals surface area (Å²) >= 11 is 0. The molecule has 3 aromatic rings. The van der Waals surface area contributed by atoms with Crippen LogP contribution in [0, 0.1) is 13.8 Å². The van der Waals surface area contributed by atoms with Crippen molar-refractivity contribution in [2.45, 2.75) is 13.8 Å². The zero-order valence-corrected chi connectivity index (χ0v) is 11.2. The van der Waals surface area contributed by atoms with Crippen LogP contribution in [0.15, 0.2) is 35.1 Å². The fourth-order valence-electron chi connectivity index (χ4n) is 2.07. The molecule has 0 aliphatic carbocycles. The molecule has 6 heteroatoms. The molecular weight excluding hydrogens is 254 g/mol. The minimum atomic E-state index is 0.266. The van der Waals surface area contributed by atoms with Crippen LogP contribution in [0.4, 0.5) is 5.88 Å². The van der Waals surface area contributed by atoms with E-state index in [9.17, 15) is 0 Å². The molecule has 2 N–H and O–H groups in total. The molecule has 0 aliphatic heterocycles. The normalized spacial score (nSPS) is 10.7. The first kappa shape index (κ1) is 12.3. The Hall–Kier alpha value is -2.76. The lowest BCUT2D eigenvalue weighted by molar-refractivity contribution is 0.439. The van der Waals surface area contributed by atoms with E-state index in [1.165, 1.54) is 0 Å². The Kier molecular flexibility index (Phi) is 2.90. The van der Waals surface area contributed by atoms with E-state index in [1.54, 1.807) is 12.4 Å². The molecule has 0 spiro atoms. The van der Waals surface area contributed by atoms with Crippen LogP contribution in [-0.2, 0) is 0 Å². The highest BCUT2D eigenvalue weighted by Crippen LogP contribution is 2.36. The molecule has 0 bridgehead atoms. The van der Waals surface area contributed by atoms with Gasteiger partial charge in [0.25, 0.3) is 0 Å². The quantitative estimate of drug-likeness (QED) is 0.766. The third-order valence-corrected chi connectivity index (χ3v) is 3.02.